The third kappa shape index (κ3) is 4.63. The lowest BCUT2D eigenvalue weighted by molar-refractivity contribution is -0.136. The van der Waals surface area contributed by atoms with Gasteiger partial charge in [0, 0.05) is 37.7 Å². The maximum Gasteiger partial charge on any atom is 0.253 e. The molecular weight excluding hydrogens is 420 g/mol. The summed E-state index contributed by atoms with van der Waals surface area (Å²) in [4.78, 5) is 30.6. The summed E-state index contributed by atoms with van der Waals surface area (Å²) in [7, 11) is 4.73. The first kappa shape index (κ1) is 23.0. The van der Waals surface area contributed by atoms with Gasteiger partial charge in [0.25, 0.3) is 5.91 Å². The van der Waals surface area contributed by atoms with Gasteiger partial charge >= 0.3 is 0 Å². The summed E-state index contributed by atoms with van der Waals surface area (Å²) in [5.74, 6) is 1.18. The van der Waals surface area contributed by atoms with Gasteiger partial charge in [-0.2, -0.15) is 0 Å². The SMILES string of the molecule is COc1cc([C@@H]2CN(C(=O)c3ccccc3)C[C@@H]2C(=O)N2CCCCC2)cc(OC)c1OC. The fourth-order valence-corrected chi connectivity index (χ4v) is 4.99. The minimum absolute atomic E-state index is 0.0537. The molecule has 2 saturated heterocycles. The van der Waals surface area contributed by atoms with E-state index in [-0.39, 0.29) is 23.7 Å². The number of carbonyl (C=O) groups excluding carboxylic acids is 2. The molecule has 0 aliphatic carbocycles. The normalized spacial score (nSPS) is 20.5. The van der Waals surface area contributed by atoms with Gasteiger partial charge in [0.1, 0.15) is 0 Å². The van der Waals surface area contributed by atoms with Gasteiger partial charge < -0.3 is 24.0 Å². The first-order valence-electron chi connectivity index (χ1n) is 11.5. The van der Waals surface area contributed by atoms with Gasteiger partial charge in [-0.15, -0.1) is 0 Å². The van der Waals surface area contributed by atoms with E-state index in [2.05, 4.69) is 0 Å². The number of rotatable bonds is 6. The van der Waals surface area contributed by atoms with Crippen molar-refractivity contribution in [1.29, 1.82) is 0 Å². The van der Waals surface area contributed by atoms with Crippen LogP contribution >= 0.6 is 0 Å². The number of nitrogens with zero attached hydrogens (tertiary/aromatic N) is 2. The van der Waals surface area contributed by atoms with Gasteiger partial charge in [0.2, 0.25) is 11.7 Å². The van der Waals surface area contributed by atoms with Gasteiger partial charge in [0.05, 0.1) is 27.2 Å². The van der Waals surface area contributed by atoms with Crippen LogP contribution in [0, 0.1) is 5.92 Å². The molecule has 176 valence electrons. The standard InChI is InChI=1S/C26H32N2O5/c1-31-22-14-19(15-23(32-2)24(22)33-3)20-16-28(25(29)18-10-6-4-7-11-18)17-21(20)26(30)27-12-8-5-9-13-27/h4,6-7,10-11,14-15,20-21H,5,8-9,12-13,16-17H2,1-3H3/t20-,21-/m0/s1. The second-order valence-electron chi connectivity index (χ2n) is 8.63. The number of hydrogen-bond donors (Lipinski definition) is 0. The molecule has 0 aromatic heterocycles. The van der Waals surface area contributed by atoms with Gasteiger partial charge in [-0.05, 0) is 49.1 Å². The average Bonchev–Trinajstić information content (AvgIpc) is 3.33. The highest BCUT2D eigenvalue weighted by Crippen LogP contribution is 2.43. The van der Waals surface area contributed by atoms with Crippen LogP contribution in [0.2, 0.25) is 0 Å². The van der Waals surface area contributed by atoms with Crippen molar-refractivity contribution in [3.63, 3.8) is 0 Å². The quantitative estimate of drug-likeness (QED) is 0.670. The lowest BCUT2D eigenvalue weighted by atomic mass is 9.87. The zero-order valence-corrected chi connectivity index (χ0v) is 19.6. The van der Waals surface area contributed by atoms with E-state index in [1.165, 1.54) is 0 Å². The summed E-state index contributed by atoms with van der Waals surface area (Å²) in [6.07, 6.45) is 3.21. The van der Waals surface area contributed by atoms with E-state index in [1.807, 2.05) is 47.4 Å². The highest BCUT2D eigenvalue weighted by atomic mass is 16.5. The van der Waals surface area contributed by atoms with E-state index in [4.69, 9.17) is 14.2 Å². The minimum atomic E-state index is -0.321. The maximum atomic E-state index is 13.6. The van der Waals surface area contributed by atoms with Crippen LogP contribution in [0.25, 0.3) is 0 Å². The first-order chi connectivity index (χ1) is 16.1. The molecule has 0 bridgehead atoms. The van der Waals surface area contributed by atoms with Crippen LogP contribution in [0.3, 0.4) is 0 Å². The van der Waals surface area contributed by atoms with Crippen molar-refractivity contribution in [1.82, 2.24) is 9.80 Å². The monoisotopic (exact) mass is 452 g/mol. The summed E-state index contributed by atoms with van der Waals surface area (Å²) >= 11 is 0. The lowest BCUT2D eigenvalue weighted by Gasteiger charge is -2.31. The molecule has 2 aromatic carbocycles. The molecule has 0 unspecified atom stereocenters. The van der Waals surface area contributed by atoms with Crippen LogP contribution in [-0.4, -0.2) is 69.1 Å². The third-order valence-corrected chi connectivity index (χ3v) is 6.73. The van der Waals surface area contributed by atoms with E-state index in [9.17, 15) is 9.59 Å². The summed E-state index contributed by atoms with van der Waals surface area (Å²) in [5.41, 5.74) is 1.54. The molecular formula is C26H32N2O5. The zero-order chi connectivity index (χ0) is 23.4. The van der Waals surface area contributed by atoms with Gasteiger partial charge in [-0.1, -0.05) is 18.2 Å². The number of benzene rings is 2. The number of hydrogen-bond acceptors (Lipinski definition) is 5. The molecule has 2 aliphatic heterocycles. The summed E-state index contributed by atoms with van der Waals surface area (Å²) in [5, 5.41) is 0. The van der Waals surface area contributed by atoms with Gasteiger partial charge in [-0.25, -0.2) is 0 Å². The van der Waals surface area contributed by atoms with E-state index in [0.29, 0.717) is 35.9 Å². The number of likely N-dealkylation sites (tertiary alicyclic amines) is 2. The van der Waals surface area contributed by atoms with E-state index in [1.54, 1.807) is 26.2 Å². The number of methoxy groups -OCH3 is 3. The molecule has 2 amide bonds. The summed E-state index contributed by atoms with van der Waals surface area (Å²) < 4.78 is 16.6. The Morgan fingerprint density at radius 3 is 2.03 bits per heavy atom. The maximum absolute atomic E-state index is 13.6. The van der Waals surface area contributed by atoms with Crippen LogP contribution in [-0.2, 0) is 4.79 Å². The van der Waals surface area contributed by atoms with Crippen LogP contribution in [0.1, 0.15) is 41.1 Å². The van der Waals surface area contributed by atoms with Crippen molar-refractivity contribution < 1.29 is 23.8 Å². The number of piperidine rings is 1. The smallest absolute Gasteiger partial charge is 0.253 e. The van der Waals surface area contributed by atoms with Crippen molar-refractivity contribution in [3.8, 4) is 17.2 Å². The molecule has 2 atom stereocenters. The van der Waals surface area contributed by atoms with Crippen molar-refractivity contribution in [2.75, 3.05) is 47.5 Å². The molecule has 4 rings (SSSR count). The van der Waals surface area contributed by atoms with Gasteiger partial charge in [0.15, 0.2) is 11.5 Å². The Morgan fingerprint density at radius 2 is 1.45 bits per heavy atom. The second kappa shape index (κ2) is 10.1. The number of ether oxygens (including phenoxy) is 3. The molecule has 0 saturated carbocycles. The Hall–Kier alpha value is -3.22. The van der Waals surface area contributed by atoms with Crippen LogP contribution in [0.5, 0.6) is 17.2 Å². The first-order valence-corrected chi connectivity index (χ1v) is 11.5. The van der Waals surface area contributed by atoms with Crippen molar-refractivity contribution in [2.45, 2.75) is 25.2 Å². The second-order valence-corrected chi connectivity index (χ2v) is 8.63. The average molecular weight is 453 g/mol. The molecule has 2 fully saturated rings. The molecule has 2 aromatic rings. The number of amides is 2. The molecule has 7 nitrogen and oxygen atoms in total. The molecule has 0 spiro atoms. The molecule has 2 heterocycles. The van der Waals surface area contributed by atoms with Crippen LogP contribution in [0.4, 0.5) is 0 Å². The Bertz CT molecular complexity index is 962. The largest absolute Gasteiger partial charge is 0.493 e. The van der Waals surface area contributed by atoms with E-state index in [0.717, 1.165) is 37.9 Å². The molecule has 7 heteroatoms. The Balaban J connectivity index is 1.69. The number of carbonyl (C=O) groups is 2. The van der Waals surface area contributed by atoms with E-state index >= 15 is 0 Å². The predicted octanol–water partition coefficient (Wildman–Crippen LogP) is 3.58. The summed E-state index contributed by atoms with van der Waals surface area (Å²) in [6, 6.07) is 13.0. The van der Waals surface area contributed by atoms with Gasteiger partial charge in [-0.3, -0.25) is 9.59 Å². The zero-order valence-electron chi connectivity index (χ0n) is 19.6. The predicted molar refractivity (Wildman–Crippen MR) is 125 cm³/mol. The Labute approximate surface area is 195 Å². The Morgan fingerprint density at radius 1 is 0.818 bits per heavy atom. The molecule has 33 heavy (non-hydrogen) atoms. The van der Waals surface area contributed by atoms with Crippen molar-refractivity contribution in [2.24, 2.45) is 5.92 Å². The van der Waals surface area contributed by atoms with E-state index < -0.39 is 0 Å². The van der Waals surface area contributed by atoms with Crippen LogP contribution in [0.15, 0.2) is 42.5 Å². The summed E-state index contributed by atoms with van der Waals surface area (Å²) in [6.45, 7) is 2.41. The topological polar surface area (TPSA) is 68.3 Å². The fourth-order valence-electron chi connectivity index (χ4n) is 4.99. The highest BCUT2D eigenvalue weighted by molar-refractivity contribution is 5.95. The van der Waals surface area contributed by atoms with Crippen LogP contribution < -0.4 is 14.2 Å². The fraction of sp³-hybridized carbons (Fsp3) is 0.462. The lowest BCUT2D eigenvalue weighted by Crippen LogP contribution is -2.42. The van der Waals surface area contributed by atoms with Crippen molar-refractivity contribution in [3.05, 3.63) is 53.6 Å². The molecule has 0 radical (unpaired) electrons. The van der Waals surface area contributed by atoms with Crippen molar-refractivity contribution >= 4 is 11.8 Å². The highest BCUT2D eigenvalue weighted by Gasteiger charge is 2.43. The minimum Gasteiger partial charge on any atom is -0.493 e. The molecule has 0 N–H and O–H groups in total. The molecule has 2 aliphatic rings. The third-order valence-electron chi connectivity index (χ3n) is 6.73. The Kier molecular flexibility index (Phi) is 7.06.